The smallest absolute Gasteiger partial charge is 0.147 e. The third-order valence-electron chi connectivity index (χ3n) is 4.75. The van der Waals surface area contributed by atoms with Gasteiger partial charge in [0.2, 0.25) is 0 Å². The second kappa shape index (κ2) is 4.70. The number of fused-ring (bicyclic) bond motifs is 2. The van der Waals surface area contributed by atoms with Crippen molar-refractivity contribution < 1.29 is 0 Å². The van der Waals surface area contributed by atoms with Crippen molar-refractivity contribution in [1.82, 2.24) is 19.7 Å². The molecule has 0 N–H and O–H groups in total. The average Bonchev–Trinajstić information content (AvgIpc) is 2.87. The van der Waals surface area contributed by atoms with Gasteiger partial charge < -0.3 is 4.57 Å². The minimum Gasteiger partial charge on any atom is -0.313 e. The minimum atomic E-state index is 0.561. The number of aryl methyl sites for hydroxylation is 2. The summed E-state index contributed by atoms with van der Waals surface area (Å²) in [7, 11) is 0. The Labute approximate surface area is 119 Å². The predicted octanol–water partition coefficient (Wildman–Crippen LogP) is 2.48. The van der Waals surface area contributed by atoms with Crippen LogP contribution in [0.1, 0.15) is 41.7 Å². The van der Waals surface area contributed by atoms with Crippen LogP contribution < -0.4 is 0 Å². The zero-order chi connectivity index (χ0) is 13.5. The SMILES string of the molecule is Cc1nnc2n1CCN([C@H]1CCCc3ccccc31)C2. The van der Waals surface area contributed by atoms with Gasteiger partial charge in [0.05, 0.1) is 6.54 Å². The maximum absolute atomic E-state index is 4.33. The molecule has 1 aliphatic carbocycles. The van der Waals surface area contributed by atoms with Gasteiger partial charge in [-0.05, 0) is 37.3 Å². The second-order valence-electron chi connectivity index (χ2n) is 5.89. The average molecular weight is 268 g/mol. The number of hydrogen-bond donors (Lipinski definition) is 0. The van der Waals surface area contributed by atoms with Crippen LogP contribution in [0.4, 0.5) is 0 Å². The number of nitrogens with zero attached hydrogens (tertiary/aromatic N) is 4. The Kier molecular flexibility index (Phi) is 2.84. The van der Waals surface area contributed by atoms with E-state index in [4.69, 9.17) is 0 Å². The van der Waals surface area contributed by atoms with E-state index >= 15 is 0 Å². The first-order chi connectivity index (χ1) is 9.83. The van der Waals surface area contributed by atoms with Gasteiger partial charge in [-0.2, -0.15) is 0 Å². The molecule has 0 fully saturated rings. The maximum atomic E-state index is 4.33. The first kappa shape index (κ1) is 12.1. The molecule has 2 heterocycles. The summed E-state index contributed by atoms with van der Waals surface area (Å²) >= 11 is 0. The van der Waals surface area contributed by atoms with Gasteiger partial charge in [0.1, 0.15) is 11.6 Å². The molecule has 104 valence electrons. The van der Waals surface area contributed by atoms with Gasteiger partial charge in [-0.15, -0.1) is 10.2 Å². The Hall–Kier alpha value is -1.68. The molecule has 2 aliphatic rings. The number of aromatic nitrogens is 3. The van der Waals surface area contributed by atoms with Crippen molar-refractivity contribution in [3.05, 3.63) is 47.0 Å². The highest BCUT2D eigenvalue weighted by Gasteiger charge is 2.29. The first-order valence-corrected chi connectivity index (χ1v) is 7.53. The van der Waals surface area contributed by atoms with Crippen LogP contribution in [0.3, 0.4) is 0 Å². The number of rotatable bonds is 1. The van der Waals surface area contributed by atoms with E-state index in [-0.39, 0.29) is 0 Å². The molecule has 0 bridgehead atoms. The molecule has 1 aromatic heterocycles. The summed E-state index contributed by atoms with van der Waals surface area (Å²) < 4.78 is 2.26. The lowest BCUT2D eigenvalue weighted by Gasteiger charge is -2.38. The van der Waals surface area contributed by atoms with Gasteiger partial charge in [0.15, 0.2) is 0 Å². The monoisotopic (exact) mass is 268 g/mol. The highest BCUT2D eigenvalue weighted by Crippen LogP contribution is 2.35. The Balaban J connectivity index is 1.64. The van der Waals surface area contributed by atoms with E-state index in [0.29, 0.717) is 6.04 Å². The highest BCUT2D eigenvalue weighted by molar-refractivity contribution is 5.32. The van der Waals surface area contributed by atoms with Crippen LogP contribution in [0.5, 0.6) is 0 Å². The molecular weight excluding hydrogens is 248 g/mol. The van der Waals surface area contributed by atoms with E-state index in [1.54, 1.807) is 0 Å². The molecule has 4 rings (SSSR count). The molecule has 1 atom stereocenters. The molecule has 4 heteroatoms. The van der Waals surface area contributed by atoms with Crippen LogP contribution >= 0.6 is 0 Å². The number of benzene rings is 1. The molecule has 0 radical (unpaired) electrons. The van der Waals surface area contributed by atoms with Gasteiger partial charge >= 0.3 is 0 Å². The van der Waals surface area contributed by atoms with Crippen molar-refractivity contribution in [1.29, 1.82) is 0 Å². The maximum Gasteiger partial charge on any atom is 0.147 e. The summed E-state index contributed by atoms with van der Waals surface area (Å²) in [6.45, 7) is 5.10. The zero-order valence-corrected chi connectivity index (χ0v) is 11.9. The molecule has 0 unspecified atom stereocenters. The quantitative estimate of drug-likeness (QED) is 0.797. The van der Waals surface area contributed by atoms with E-state index < -0.39 is 0 Å². The van der Waals surface area contributed by atoms with Gasteiger partial charge in [0.25, 0.3) is 0 Å². The fourth-order valence-electron chi connectivity index (χ4n) is 3.70. The van der Waals surface area contributed by atoms with Gasteiger partial charge in [-0.1, -0.05) is 24.3 Å². The molecule has 20 heavy (non-hydrogen) atoms. The largest absolute Gasteiger partial charge is 0.313 e. The summed E-state index contributed by atoms with van der Waals surface area (Å²) in [6.07, 6.45) is 3.80. The van der Waals surface area contributed by atoms with Crippen LogP contribution in [-0.2, 0) is 19.5 Å². The Bertz CT molecular complexity index is 631. The normalized spacial score (nSPS) is 22.4. The topological polar surface area (TPSA) is 34.0 Å². The summed E-state index contributed by atoms with van der Waals surface area (Å²) in [6, 6.07) is 9.50. The minimum absolute atomic E-state index is 0.561. The standard InChI is InChI=1S/C16H20N4/c1-12-17-18-16-11-19(9-10-20(12)16)15-8-4-6-13-5-2-3-7-14(13)15/h2-3,5,7,15H,4,6,8-11H2,1H3/t15-/m0/s1. The van der Waals surface area contributed by atoms with E-state index in [2.05, 4.69) is 43.9 Å². The molecular formula is C16H20N4. The molecule has 0 spiro atoms. The molecule has 0 amide bonds. The van der Waals surface area contributed by atoms with Crippen LogP contribution in [0, 0.1) is 6.92 Å². The molecule has 0 saturated heterocycles. The predicted molar refractivity (Wildman–Crippen MR) is 77.3 cm³/mol. The van der Waals surface area contributed by atoms with Crippen LogP contribution in [0.2, 0.25) is 0 Å². The van der Waals surface area contributed by atoms with Crippen LogP contribution in [0.25, 0.3) is 0 Å². The van der Waals surface area contributed by atoms with Crippen LogP contribution in [0.15, 0.2) is 24.3 Å². The van der Waals surface area contributed by atoms with Crippen molar-refractivity contribution in [2.75, 3.05) is 6.54 Å². The van der Waals surface area contributed by atoms with E-state index in [1.807, 2.05) is 6.92 Å². The van der Waals surface area contributed by atoms with Crippen molar-refractivity contribution >= 4 is 0 Å². The number of hydrogen-bond acceptors (Lipinski definition) is 3. The Morgan fingerprint density at radius 1 is 1.15 bits per heavy atom. The van der Waals surface area contributed by atoms with E-state index in [0.717, 1.165) is 31.3 Å². The summed E-state index contributed by atoms with van der Waals surface area (Å²) in [4.78, 5) is 2.58. The molecule has 1 aliphatic heterocycles. The first-order valence-electron chi connectivity index (χ1n) is 7.53. The molecule has 4 nitrogen and oxygen atoms in total. The molecule has 1 aromatic carbocycles. The lowest BCUT2D eigenvalue weighted by atomic mass is 9.86. The lowest BCUT2D eigenvalue weighted by Crippen LogP contribution is -2.38. The van der Waals surface area contributed by atoms with E-state index in [1.165, 1.54) is 30.4 Å². The van der Waals surface area contributed by atoms with Gasteiger partial charge in [0, 0.05) is 19.1 Å². The fourth-order valence-corrected chi connectivity index (χ4v) is 3.70. The zero-order valence-electron chi connectivity index (χ0n) is 11.9. The Morgan fingerprint density at radius 3 is 3.00 bits per heavy atom. The summed E-state index contributed by atoms with van der Waals surface area (Å²) in [5, 5.41) is 8.54. The summed E-state index contributed by atoms with van der Waals surface area (Å²) in [5.41, 5.74) is 3.07. The fraction of sp³-hybridized carbons (Fsp3) is 0.500. The summed E-state index contributed by atoms with van der Waals surface area (Å²) in [5.74, 6) is 2.17. The van der Waals surface area contributed by atoms with E-state index in [9.17, 15) is 0 Å². The van der Waals surface area contributed by atoms with Gasteiger partial charge in [-0.25, -0.2) is 0 Å². The van der Waals surface area contributed by atoms with Crippen LogP contribution in [-0.4, -0.2) is 26.2 Å². The second-order valence-corrected chi connectivity index (χ2v) is 5.89. The van der Waals surface area contributed by atoms with Crippen molar-refractivity contribution in [2.45, 2.75) is 45.3 Å². The van der Waals surface area contributed by atoms with Crippen molar-refractivity contribution in [2.24, 2.45) is 0 Å². The molecule has 0 saturated carbocycles. The third-order valence-corrected chi connectivity index (χ3v) is 4.75. The highest BCUT2D eigenvalue weighted by atomic mass is 15.3. The third kappa shape index (κ3) is 1.86. The lowest BCUT2D eigenvalue weighted by molar-refractivity contribution is 0.137. The molecule has 2 aromatic rings. The van der Waals surface area contributed by atoms with Gasteiger partial charge in [-0.3, -0.25) is 4.90 Å². The Morgan fingerprint density at radius 2 is 2.05 bits per heavy atom. The van der Waals surface area contributed by atoms with Crippen molar-refractivity contribution in [3.63, 3.8) is 0 Å². The van der Waals surface area contributed by atoms with Crippen molar-refractivity contribution in [3.8, 4) is 0 Å².